The van der Waals surface area contributed by atoms with Gasteiger partial charge in [0.15, 0.2) is 0 Å². The molecule has 1 aliphatic rings. The molecule has 0 amide bonds. The van der Waals surface area contributed by atoms with Gasteiger partial charge in [-0.25, -0.2) is 0 Å². The molecule has 0 N–H and O–H groups in total. The summed E-state index contributed by atoms with van der Waals surface area (Å²) in [7, 11) is 3.79. The lowest BCUT2D eigenvalue weighted by molar-refractivity contribution is 0.734. The molecule has 2 aromatic rings. The number of nitrogens with zero attached hydrogens (tertiary/aromatic N) is 5. The molecule has 5 nitrogen and oxygen atoms in total. The van der Waals surface area contributed by atoms with E-state index in [1.165, 1.54) is 11.1 Å². The summed E-state index contributed by atoms with van der Waals surface area (Å²) in [5, 5.41) is 0.237. The molecule has 21 heavy (non-hydrogen) atoms. The summed E-state index contributed by atoms with van der Waals surface area (Å²) >= 11 is 6.04. The summed E-state index contributed by atoms with van der Waals surface area (Å²) in [4.78, 5) is 17.0. The number of hydrogen-bond donors (Lipinski definition) is 0. The predicted molar refractivity (Wildman–Crippen MR) is 85.0 cm³/mol. The number of anilines is 2. The van der Waals surface area contributed by atoms with Crippen LogP contribution in [0.4, 0.5) is 11.9 Å². The Morgan fingerprint density at radius 2 is 1.86 bits per heavy atom. The summed E-state index contributed by atoms with van der Waals surface area (Å²) in [5.74, 6) is 1.23. The van der Waals surface area contributed by atoms with Gasteiger partial charge in [0.2, 0.25) is 17.2 Å². The molecule has 3 rings (SSSR count). The smallest absolute Gasteiger partial charge is 0.231 e. The van der Waals surface area contributed by atoms with Crippen LogP contribution in [-0.2, 0) is 13.0 Å². The van der Waals surface area contributed by atoms with Crippen LogP contribution in [-0.4, -0.2) is 35.6 Å². The Hall–Kier alpha value is -1.88. The van der Waals surface area contributed by atoms with E-state index in [4.69, 9.17) is 11.6 Å². The van der Waals surface area contributed by atoms with Crippen molar-refractivity contribution in [2.75, 3.05) is 30.4 Å². The van der Waals surface area contributed by atoms with Crippen LogP contribution in [0.2, 0.25) is 5.28 Å². The highest BCUT2D eigenvalue weighted by atomic mass is 35.5. The Balaban J connectivity index is 1.94. The van der Waals surface area contributed by atoms with Crippen molar-refractivity contribution in [3.05, 3.63) is 40.7 Å². The van der Waals surface area contributed by atoms with Gasteiger partial charge in [-0.15, -0.1) is 0 Å². The van der Waals surface area contributed by atoms with Gasteiger partial charge in [0.05, 0.1) is 0 Å². The van der Waals surface area contributed by atoms with Gasteiger partial charge in [-0.3, -0.25) is 0 Å². The van der Waals surface area contributed by atoms with Crippen molar-refractivity contribution in [1.29, 1.82) is 0 Å². The van der Waals surface area contributed by atoms with Gasteiger partial charge in [0, 0.05) is 27.2 Å². The Labute approximate surface area is 129 Å². The van der Waals surface area contributed by atoms with E-state index in [1.807, 2.05) is 19.0 Å². The molecule has 0 atom stereocenters. The minimum Gasteiger partial charge on any atom is -0.347 e. The maximum atomic E-state index is 6.04. The van der Waals surface area contributed by atoms with Crippen LogP contribution in [0.3, 0.4) is 0 Å². The first-order valence-electron chi connectivity index (χ1n) is 7.04. The summed E-state index contributed by atoms with van der Waals surface area (Å²) < 4.78 is 0. The van der Waals surface area contributed by atoms with Crippen molar-refractivity contribution in [3.63, 3.8) is 0 Å². The van der Waals surface area contributed by atoms with Crippen molar-refractivity contribution in [2.24, 2.45) is 0 Å². The van der Waals surface area contributed by atoms with E-state index in [0.29, 0.717) is 11.9 Å². The topological polar surface area (TPSA) is 45.2 Å². The molecule has 0 saturated carbocycles. The van der Waals surface area contributed by atoms with E-state index in [9.17, 15) is 0 Å². The van der Waals surface area contributed by atoms with E-state index < -0.39 is 0 Å². The molecule has 0 bridgehead atoms. The first-order chi connectivity index (χ1) is 10.1. The van der Waals surface area contributed by atoms with E-state index in [-0.39, 0.29) is 5.28 Å². The van der Waals surface area contributed by atoms with Crippen molar-refractivity contribution >= 4 is 23.5 Å². The fourth-order valence-corrected chi connectivity index (χ4v) is 2.69. The fourth-order valence-electron chi connectivity index (χ4n) is 2.54. The third kappa shape index (κ3) is 3.08. The second-order valence-electron chi connectivity index (χ2n) is 5.39. The van der Waals surface area contributed by atoms with Gasteiger partial charge in [-0.1, -0.05) is 24.3 Å². The van der Waals surface area contributed by atoms with Crippen LogP contribution >= 0.6 is 11.6 Å². The Morgan fingerprint density at radius 3 is 2.62 bits per heavy atom. The van der Waals surface area contributed by atoms with Gasteiger partial charge in [-0.05, 0) is 35.6 Å². The molecular formula is C15H18ClN5. The van der Waals surface area contributed by atoms with Crippen molar-refractivity contribution < 1.29 is 0 Å². The third-order valence-electron chi connectivity index (χ3n) is 3.62. The molecule has 0 saturated heterocycles. The number of halogens is 1. The number of aromatic nitrogens is 3. The van der Waals surface area contributed by atoms with Crippen molar-refractivity contribution in [2.45, 2.75) is 19.4 Å². The summed E-state index contributed by atoms with van der Waals surface area (Å²) in [6.45, 7) is 1.73. The fraction of sp³-hybridized carbons (Fsp3) is 0.400. The Kier molecular flexibility index (Phi) is 3.92. The van der Waals surface area contributed by atoms with Crippen LogP contribution < -0.4 is 9.80 Å². The van der Waals surface area contributed by atoms with Gasteiger partial charge in [0.1, 0.15) is 0 Å². The second-order valence-corrected chi connectivity index (χ2v) is 5.73. The van der Waals surface area contributed by atoms with Gasteiger partial charge in [0.25, 0.3) is 0 Å². The van der Waals surface area contributed by atoms with E-state index in [1.54, 1.807) is 0 Å². The quantitative estimate of drug-likeness (QED) is 0.853. The van der Waals surface area contributed by atoms with Crippen LogP contribution in [0.1, 0.15) is 17.5 Å². The molecule has 110 valence electrons. The van der Waals surface area contributed by atoms with Crippen LogP contribution in [0, 0.1) is 0 Å². The average molecular weight is 304 g/mol. The monoisotopic (exact) mass is 303 g/mol. The molecular weight excluding hydrogens is 286 g/mol. The van der Waals surface area contributed by atoms with E-state index >= 15 is 0 Å². The average Bonchev–Trinajstić information content (AvgIpc) is 2.68. The van der Waals surface area contributed by atoms with Crippen LogP contribution in [0.25, 0.3) is 0 Å². The summed E-state index contributed by atoms with van der Waals surface area (Å²) in [5.41, 5.74) is 2.74. The Morgan fingerprint density at radius 1 is 1.10 bits per heavy atom. The third-order valence-corrected chi connectivity index (χ3v) is 3.79. The highest BCUT2D eigenvalue weighted by Gasteiger charge is 2.18. The van der Waals surface area contributed by atoms with Crippen LogP contribution in [0.5, 0.6) is 0 Å². The minimum absolute atomic E-state index is 0.237. The lowest BCUT2D eigenvalue weighted by Gasteiger charge is -2.22. The highest BCUT2D eigenvalue weighted by Crippen LogP contribution is 2.23. The molecule has 0 aliphatic carbocycles. The molecule has 0 fully saturated rings. The molecule has 0 radical (unpaired) electrons. The minimum atomic E-state index is 0.237. The molecule has 6 heteroatoms. The Bertz CT molecular complexity index is 644. The van der Waals surface area contributed by atoms with Crippen LogP contribution in [0.15, 0.2) is 24.3 Å². The highest BCUT2D eigenvalue weighted by molar-refractivity contribution is 6.28. The second kappa shape index (κ2) is 5.85. The number of benzene rings is 1. The molecule has 1 aliphatic heterocycles. The summed E-state index contributed by atoms with van der Waals surface area (Å²) in [6.07, 6.45) is 2.17. The van der Waals surface area contributed by atoms with E-state index in [2.05, 4.69) is 44.1 Å². The van der Waals surface area contributed by atoms with Gasteiger partial charge < -0.3 is 9.80 Å². The SMILES string of the molecule is CN(C)c1nc(Cl)nc(N2CCCc3ccccc3C2)n1. The zero-order valence-electron chi connectivity index (χ0n) is 12.3. The number of aryl methyl sites for hydroxylation is 1. The first-order valence-corrected chi connectivity index (χ1v) is 7.42. The van der Waals surface area contributed by atoms with Crippen molar-refractivity contribution in [1.82, 2.24) is 15.0 Å². The lowest BCUT2D eigenvalue weighted by Crippen LogP contribution is -2.26. The molecule has 0 spiro atoms. The predicted octanol–water partition coefficient (Wildman–Crippen LogP) is 2.54. The zero-order valence-corrected chi connectivity index (χ0v) is 13.0. The van der Waals surface area contributed by atoms with Gasteiger partial charge >= 0.3 is 0 Å². The molecule has 0 unspecified atom stereocenters. The normalized spacial score (nSPS) is 14.5. The summed E-state index contributed by atoms with van der Waals surface area (Å²) in [6, 6.07) is 8.54. The van der Waals surface area contributed by atoms with Gasteiger partial charge in [-0.2, -0.15) is 15.0 Å². The largest absolute Gasteiger partial charge is 0.347 e. The first kappa shape index (κ1) is 14.1. The molecule has 2 heterocycles. The maximum absolute atomic E-state index is 6.04. The number of hydrogen-bond acceptors (Lipinski definition) is 5. The zero-order chi connectivity index (χ0) is 14.8. The lowest BCUT2D eigenvalue weighted by atomic mass is 10.0. The van der Waals surface area contributed by atoms with E-state index in [0.717, 1.165) is 25.9 Å². The number of rotatable bonds is 2. The number of fused-ring (bicyclic) bond motifs is 1. The van der Waals surface area contributed by atoms with Crippen molar-refractivity contribution in [3.8, 4) is 0 Å². The molecule has 1 aromatic carbocycles. The standard InChI is InChI=1S/C15H18ClN5/c1-20(2)14-17-13(16)18-15(19-14)21-9-5-8-11-6-3-4-7-12(11)10-21/h3-4,6-7H,5,8-10H2,1-2H3. The maximum Gasteiger partial charge on any atom is 0.231 e. The molecule has 1 aromatic heterocycles.